The lowest BCUT2D eigenvalue weighted by Gasteiger charge is -2.17. The summed E-state index contributed by atoms with van der Waals surface area (Å²) in [6.07, 6.45) is 4.99. The second-order valence-electron chi connectivity index (χ2n) is 5.56. The normalized spacial score (nSPS) is 18.6. The van der Waals surface area contributed by atoms with Crippen LogP contribution >= 0.6 is 11.6 Å². The first-order chi connectivity index (χ1) is 10.6. The van der Waals surface area contributed by atoms with Crippen LogP contribution in [0, 0.1) is 0 Å². The molecule has 6 heteroatoms. The molecule has 1 aromatic carbocycles. The molecule has 1 atom stereocenters. The highest BCUT2D eigenvalue weighted by atomic mass is 35.5. The van der Waals surface area contributed by atoms with Crippen molar-refractivity contribution in [1.29, 1.82) is 0 Å². The highest BCUT2D eigenvalue weighted by Gasteiger charge is 2.24. The molecular weight excluding hydrogens is 302 g/mol. The SMILES string of the molecule is COc1cc(-c2nccn2C2CCN(C)C2)cc(Cl)c1OC. The number of halogens is 1. The predicted octanol–water partition coefficient (Wildman–Crippen LogP) is 3.10. The minimum Gasteiger partial charge on any atom is -0.493 e. The molecule has 1 saturated heterocycles. The van der Waals surface area contributed by atoms with Crippen LogP contribution in [0.1, 0.15) is 12.5 Å². The second kappa shape index (κ2) is 6.18. The molecule has 1 aliphatic heterocycles. The van der Waals surface area contributed by atoms with Crippen molar-refractivity contribution in [3.8, 4) is 22.9 Å². The summed E-state index contributed by atoms with van der Waals surface area (Å²) in [6, 6.07) is 4.23. The lowest BCUT2D eigenvalue weighted by molar-refractivity contribution is 0.355. The molecule has 3 rings (SSSR count). The van der Waals surface area contributed by atoms with Gasteiger partial charge in [0.25, 0.3) is 0 Å². The van der Waals surface area contributed by atoms with E-state index < -0.39 is 0 Å². The van der Waals surface area contributed by atoms with Gasteiger partial charge in [-0.1, -0.05) is 11.6 Å². The third-order valence-electron chi connectivity index (χ3n) is 4.12. The van der Waals surface area contributed by atoms with E-state index in [9.17, 15) is 0 Å². The second-order valence-corrected chi connectivity index (χ2v) is 5.96. The highest BCUT2D eigenvalue weighted by molar-refractivity contribution is 6.32. The molecule has 0 N–H and O–H groups in total. The first-order valence-electron chi connectivity index (χ1n) is 7.27. The number of hydrogen-bond acceptors (Lipinski definition) is 4. The van der Waals surface area contributed by atoms with Crippen LogP contribution < -0.4 is 9.47 Å². The molecule has 22 heavy (non-hydrogen) atoms. The summed E-state index contributed by atoms with van der Waals surface area (Å²) in [6.45, 7) is 2.14. The molecule has 2 heterocycles. The van der Waals surface area contributed by atoms with Crippen LogP contribution in [0.3, 0.4) is 0 Å². The minimum atomic E-state index is 0.439. The van der Waals surface area contributed by atoms with E-state index in [4.69, 9.17) is 21.1 Å². The first-order valence-corrected chi connectivity index (χ1v) is 7.65. The Bertz CT molecular complexity index is 671. The summed E-state index contributed by atoms with van der Waals surface area (Å²) >= 11 is 6.32. The Morgan fingerprint density at radius 3 is 2.73 bits per heavy atom. The standard InChI is InChI=1S/C16H20ClN3O2/c1-19-6-4-12(10-19)20-7-5-18-16(20)11-8-13(17)15(22-3)14(9-11)21-2/h5,7-9,12H,4,6,10H2,1-3H3. The number of rotatable bonds is 4. The van der Waals surface area contributed by atoms with E-state index >= 15 is 0 Å². The number of aromatic nitrogens is 2. The van der Waals surface area contributed by atoms with Crippen LogP contribution in [-0.2, 0) is 0 Å². The Morgan fingerprint density at radius 2 is 2.09 bits per heavy atom. The van der Waals surface area contributed by atoms with Crippen molar-refractivity contribution in [2.75, 3.05) is 34.4 Å². The van der Waals surface area contributed by atoms with Gasteiger partial charge in [-0.25, -0.2) is 4.98 Å². The van der Waals surface area contributed by atoms with Crippen LogP contribution in [0.2, 0.25) is 5.02 Å². The molecule has 1 aromatic heterocycles. The van der Waals surface area contributed by atoms with Gasteiger partial charge in [0.05, 0.1) is 19.2 Å². The van der Waals surface area contributed by atoms with Gasteiger partial charge in [-0.05, 0) is 32.1 Å². The van der Waals surface area contributed by atoms with Crippen molar-refractivity contribution in [3.05, 3.63) is 29.5 Å². The number of nitrogens with zero attached hydrogens (tertiary/aromatic N) is 3. The summed E-state index contributed by atoms with van der Waals surface area (Å²) in [4.78, 5) is 6.85. The summed E-state index contributed by atoms with van der Waals surface area (Å²) in [5.41, 5.74) is 0.933. The van der Waals surface area contributed by atoms with Crippen molar-refractivity contribution in [3.63, 3.8) is 0 Å². The van der Waals surface area contributed by atoms with E-state index in [0.29, 0.717) is 22.6 Å². The molecule has 0 saturated carbocycles. The maximum absolute atomic E-state index is 6.32. The van der Waals surface area contributed by atoms with Gasteiger partial charge in [-0.3, -0.25) is 0 Å². The average molecular weight is 322 g/mol. The average Bonchev–Trinajstić information content (AvgIpc) is 3.14. The van der Waals surface area contributed by atoms with Gasteiger partial charge in [0.1, 0.15) is 5.82 Å². The van der Waals surface area contributed by atoms with Crippen LogP contribution in [0.4, 0.5) is 0 Å². The van der Waals surface area contributed by atoms with Gasteiger partial charge >= 0.3 is 0 Å². The molecule has 0 amide bonds. The predicted molar refractivity (Wildman–Crippen MR) is 86.9 cm³/mol. The molecule has 1 fully saturated rings. The Hall–Kier alpha value is -1.72. The van der Waals surface area contributed by atoms with Crippen LogP contribution in [0.5, 0.6) is 11.5 Å². The van der Waals surface area contributed by atoms with E-state index in [-0.39, 0.29) is 0 Å². The zero-order valence-electron chi connectivity index (χ0n) is 13.0. The molecule has 1 aliphatic rings. The molecule has 0 radical (unpaired) electrons. The number of benzene rings is 1. The zero-order chi connectivity index (χ0) is 15.7. The fraction of sp³-hybridized carbons (Fsp3) is 0.438. The molecule has 5 nitrogen and oxygen atoms in total. The summed E-state index contributed by atoms with van der Waals surface area (Å²) in [5, 5.41) is 0.523. The topological polar surface area (TPSA) is 39.5 Å². The van der Waals surface area contributed by atoms with E-state index in [1.54, 1.807) is 14.2 Å². The van der Waals surface area contributed by atoms with Crippen LogP contribution in [0.25, 0.3) is 11.4 Å². The van der Waals surface area contributed by atoms with E-state index in [0.717, 1.165) is 30.9 Å². The van der Waals surface area contributed by atoms with Gasteiger partial charge in [-0.15, -0.1) is 0 Å². The fourth-order valence-corrected chi connectivity index (χ4v) is 3.30. The van der Waals surface area contributed by atoms with Crippen molar-refractivity contribution >= 4 is 11.6 Å². The molecular formula is C16H20ClN3O2. The van der Waals surface area contributed by atoms with Crippen molar-refractivity contribution < 1.29 is 9.47 Å². The Kier molecular flexibility index (Phi) is 4.27. The molecule has 118 valence electrons. The first kappa shape index (κ1) is 15.2. The minimum absolute atomic E-state index is 0.439. The lowest BCUT2D eigenvalue weighted by Crippen LogP contribution is -2.16. The van der Waals surface area contributed by atoms with Crippen molar-refractivity contribution in [1.82, 2.24) is 14.5 Å². The Balaban J connectivity index is 2.02. The van der Waals surface area contributed by atoms with Crippen LogP contribution in [0.15, 0.2) is 24.5 Å². The number of methoxy groups -OCH3 is 2. The van der Waals surface area contributed by atoms with Crippen molar-refractivity contribution in [2.24, 2.45) is 0 Å². The van der Waals surface area contributed by atoms with E-state index in [1.807, 2.05) is 24.5 Å². The molecule has 0 bridgehead atoms. The van der Waals surface area contributed by atoms with Gasteiger partial charge in [0, 0.05) is 30.5 Å². The smallest absolute Gasteiger partial charge is 0.179 e. The van der Waals surface area contributed by atoms with Crippen molar-refractivity contribution in [2.45, 2.75) is 12.5 Å². The maximum Gasteiger partial charge on any atom is 0.179 e. The molecule has 0 spiro atoms. The number of ether oxygens (including phenoxy) is 2. The van der Waals surface area contributed by atoms with Gasteiger partial charge in [-0.2, -0.15) is 0 Å². The largest absolute Gasteiger partial charge is 0.493 e. The summed E-state index contributed by atoms with van der Waals surface area (Å²) in [7, 11) is 5.33. The summed E-state index contributed by atoms with van der Waals surface area (Å²) < 4.78 is 12.9. The third kappa shape index (κ3) is 2.66. The fourth-order valence-electron chi connectivity index (χ4n) is 3.02. The maximum atomic E-state index is 6.32. The van der Waals surface area contributed by atoms with Gasteiger partial charge in [0.2, 0.25) is 0 Å². The molecule has 0 aliphatic carbocycles. The monoisotopic (exact) mass is 321 g/mol. The number of likely N-dealkylation sites (tertiary alicyclic amines) is 1. The van der Waals surface area contributed by atoms with Crippen LogP contribution in [-0.4, -0.2) is 48.8 Å². The Labute approximate surface area is 135 Å². The van der Waals surface area contributed by atoms with Gasteiger partial charge < -0.3 is 18.9 Å². The molecule has 1 unspecified atom stereocenters. The number of imidazole rings is 1. The van der Waals surface area contributed by atoms with E-state index in [1.165, 1.54) is 0 Å². The molecule has 2 aromatic rings. The number of likely N-dealkylation sites (N-methyl/N-ethyl adjacent to an activating group) is 1. The summed E-state index contributed by atoms with van der Waals surface area (Å²) in [5.74, 6) is 2.07. The number of hydrogen-bond donors (Lipinski definition) is 0. The highest BCUT2D eigenvalue weighted by Crippen LogP contribution is 2.39. The zero-order valence-corrected chi connectivity index (χ0v) is 13.8. The quantitative estimate of drug-likeness (QED) is 0.867. The third-order valence-corrected chi connectivity index (χ3v) is 4.40. The Morgan fingerprint density at radius 1 is 1.27 bits per heavy atom. The lowest BCUT2D eigenvalue weighted by atomic mass is 10.1. The van der Waals surface area contributed by atoms with E-state index in [2.05, 4.69) is 21.5 Å². The van der Waals surface area contributed by atoms with Gasteiger partial charge in [0.15, 0.2) is 11.5 Å².